The summed E-state index contributed by atoms with van der Waals surface area (Å²) in [6.07, 6.45) is -2.15. The van der Waals surface area contributed by atoms with E-state index in [9.17, 15) is 18.0 Å². The molecule has 0 saturated heterocycles. The second-order valence-electron chi connectivity index (χ2n) is 4.33. The maximum Gasteiger partial charge on any atom is 0.573 e. The van der Waals surface area contributed by atoms with E-state index in [0.717, 1.165) is 0 Å². The number of benzene rings is 1. The molecule has 0 radical (unpaired) electrons. The van der Waals surface area contributed by atoms with Gasteiger partial charge in [-0.3, -0.25) is 4.79 Å². The van der Waals surface area contributed by atoms with Crippen molar-refractivity contribution < 1.29 is 27.1 Å². The van der Waals surface area contributed by atoms with E-state index in [-0.39, 0.29) is 23.8 Å². The van der Waals surface area contributed by atoms with Crippen molar-refractivity contribution in [3.05, 3.63) is 54.0 Å². The molecular weight excluding hydrogens is 287 g/mol. The van der Waals surface area contributed by atoms with Crippen LogP contribution in [0.15, 0.2) is 47.3 Å². The summed E-state index contributed by atoms with van der Waals surface area (Å²) >= 11 is 0. The molecule has 0 bridgehead atoms. The highest BCUT2D eigenvalue weighted by atomic mass is 19.4. The number of hydrogen-bond acceptors (Lipinski definition) is 3. The number of furan rings is 1. The third kappa shape index (κ3) is 4.01. The fourth-order valence-corrected chi connectivity index (χ4v) is 1.79. The van der Waals surface area contributed by atoms with Gasteiger partial charge in [0.1, 0.15) is 12.0 Å². The molecule has 0 atom stereocenters. The molecule has 1 aromatic carbocycles. The lowest BCUT2D eigenvalue weighted by atomic mass is 10.2. The van der Waals surface area contributed by atoms with Crippen LogP contribution in [0.4, 0.5) is 13.2 Å². The van der Waals surface area contributed by atoms with E-state index in [1.807, 2.05) is 0 Å². The number of carbonyl (C=O) groups is 1. The number of rotatable bonds is 4. The molecule has 2 aromatic rings. The van der Waals surface area contributed by atoms with Crippen LogP contribution in [-0.4, -0.2) is 24.2 Å². The Morgan fingerprint density at radius 2 is 2.00 bits per heavy atom. The molecule has 0 N–H and O–H groups in total. The average Bonchev–Trinajstić information content (AvgIpc) is 2.92. The molecule has 2 rings (SSSR count). The monoisotopic (exact) mass is 299 g/mol. The molecule has 0 unspecified atom stereocenters. The molecule has 21 heavy (non-hydrogen) atoms. The molecule has 0 saturated carbocycles. The van der Waals surface area contributed by atoms with Crippen molar-refractivity contribution in [2.24, 2.45) is 0 Å². The summed E-state index contributed by atoms with van der Waals surface area (Å²) in [5.41, 5.74) is 0.584. The van der Waals surface area contributed by atoms with Crippen LogP contribution in [0.3, 0.4) is 0 Å². The fourth-order valence-electron chi connectivity index (χ4n) is 1.79. The molecule has 1 amide bonds. The number of nitrogens with zero attached hydrogens (tertiary/aromatic N) is 1. The Bertz CT molecular complexity index is 608. The zero-order valence-electron chi connectivity index (χ0n) is 11.1. The third-order valence-electron chi connectivity index (χ3n) is 2.72. The van der Waals surface area contributed by atoms with Crippen LogP contribution in [0.25, 0.3) is 0 Å². The summed E-state index contributed by atoms with van der Waals surface area (Å²) in [5.74, 6) is -0.678. The van der Waals surface area contributed by atoms with E-state index in [1.165, 1.54) is 48.7 Å². The first-order valence-corrected chi connectivity index (χ1v) is 5.98. The molecule has 0 fully saturated rings. The van der Waals surface area contributed by atoms with Crippen LogP contribution in [-0.2, 0) is 6.54 Å². The third-order valence-corrected chi connectivity index (χ3v) is 2.72. The van der Waals surface area contributed by atoms with Gasteiger partial charge in [0.2, 0.25) is 0 Å². The largest absolute Gasteiger partial charge is 0.573 e. The first-order valence-electron chi connectivity index (χ1n) is 5.98. The molecule has 112 valence electrons. The SMILES string of the molecule is CN(Cc1ccccc1OC(F)(F)F)C(=O)c1ccoc1. The van der Waals surface area contributed by atoms with Gasteiger partial charge in [0, 0.05) is 19.2 Å². The normalized spacial score (nSPS) is 11.2. The molecule has 1 aromatic heterocycles. The highest BCUT2D eigenvalue weighted by Gasteiger charge is 2.32. The minimum absolute atomic E-state index is 0.0176. The second-order valence-corrected chi connectivity index (χ2v) is 4.33. The summed E-state index contributed by atoms with van der Waals surface area (Å²) in [5, 5.41) is 0. The van der Waals surface area contributed by atoms with Crippen LogP contribution in [0.2, 0.25) is 0 Å². The first-order chi connectivity index (χ1) is 9.87. The number of carbonyl (C=O) groups excluding carboxylic acids is 1. The summed E-state index contributed by atoms with van der Waals surface area (Å²) in [4.78, 5) is 13.3. The highest BCUT2D eigenvalue weighted by molar-refractivity contribution is 5.93. The molecule has 4 nitrogen and oxygen atoms in total. The molecule has 0 aliphatic carbocycles. The Morgan fingerprint density at radius 3 is 2.62 bits per heavy atom. The molecular formula is C14H12F3NO3. The topological polar surface area (TPSA) is 42.7 Å². The number of ether oxygens (including phenoxy) is 1. The van der Waals surface area contributed by atoms with Gasteiger partial charge in [-0.15, -0.1) is 13.2 Å². The standard InChI is InChI=1S/C14H12F3NO3/c1-18(13(19)11-6-7-20-9-11)8-10-4-2-3-5-12(10)21-14(15,16)17/h2-7,9H,8H2,1H3. The molecule has 1 heterocycles. The average molecular weight is 299 g/mol. The minimum Gasteiger partial charge on any atom is -0.472 e. The fraction of sp³-hybridized carbons (Fsp3) is 0.214. The van der Waals surface area contributed by atoms with E-state index in [0.29, 0.717) is 5.56 Å². The van der Waals surface area contributed by atoms with E-state index < -0.39 is 6.36 Å². The van der Waals surface area contributed by atoms with E-state index >= 15 is 0 Å². The van der Waals surface area contributed by atoms with Crippen molar-refractivity contribution in [3.63, 3.8) is 0 Å². The van der Waals surface area contributed by atoms with Crippen LogP contribution >= 0.6 is 0 Å². The molecule has 0 aliphatic heterocycles. The maximum absolute atomic E-state index is 12.3. The number of amides is 1. The lowest BCUT2D eigenvalue weighted by molar-refractivity contribution is -0.274. The predicted molar refractivity (Wildman–Crippen MR) is 67.6 cm³/mol. The van der Waals surface area contributed by atoms with Gasteiger partial charge in [-0.05, 0) is 12.1 Å². The number of alkyl halides is 3. The Hall–Kier alpha value is -2.44. The first kappa shape index (κ1) is 15.0. The Kier molecular flexibility index (Phi) is 4.21. The zero-order chi connectivity index (χ0) is 15.5. The van der Waals surface area contributed by atoms with Gasteiger partial charge in [0.15, 0.2) is 0 Å². The summed E-state index contributed by atoms with van der Waals surface area (Å²) in [6.45, 7) is -0.0176. The van der Waals surface area contributed by atoms with Gasteiger partial charge in [0.25, 0.3) is 5.91 Å². The van der Waals surface area contributed by atoms with Gasteiger partial charge >= 0.3 is 6.36 Å². The Morgan fingerprint density at radius 1 is 1.29 bits per heavy atom. The number of para-hydroxylation sites is 1. The summed E-state index contributed by atoms with van der Waals surface area (Å²) in [7, 11) is 1.49. The van der Waals surface area contributed by atoms with Crippen molar-refractivity contribution in [3.8, 4) is 5.75 Å². The van der Waals surface area contributed by atoms with Crippen molar-refractivity contribution in [2.75, 3.05) is 7.05 Å². The van der Waals surface area contributed by atoms with E-state index in [2.05, 4.69) is 4.74 Å². The second kappa shape index (κ2) is 5.90. The number of hydrogen-bond donors (Lipinski definition) is 0. The lowest BCUT2D eigenvalue weighted by Gasteiger charge is -2.19. The zero-order valence-corrected chi connectivity index (χ0v) is 11.1. The summed E-state index contributed by atoms with van der Waals surface area (Å²) in [6, 6.07) is 7.17. The van der Waals surface area contributed by atoms with Crippen LogP contribution in [0.5, 0.6) is 5.75 Å². The lowest BCUT2D eigenvalue weighted by Crippen LogP contribution is -2.26. The molecule has 7 heteroatoms. The maximum atomic E-state index is 12.3. The smallest absolute Gasteiger partial charge is 0.472 e. The van der Waals surface area contributed by atoms with Crippen molar-refractivity contribution >= 4 is 5.91 Å². The number of halogens is 3. The van der Waals surface area contributed by atoms with E-state index in [1.54, 1.807) is 6.07 Å². The van der Waals surface area contributed by atoms with Gasteiger partial charge < -0.3 is 14.1 Å². The van der Waals surface area contributed by atoms with Gasteiger partial charge in [-0.1, -0.05) is 18.2 Å². The molecule has 0 aliphatic rings. The Labute approximate surface area is 118 Å². The quantitative estimate of drug-likeness (QED) is 0.868. The van der Waals surface area contributed by atoms with Gasteiger partial charge in [-0.25, -0.2) is 0 Å². The molecule has 0 spiro atoms. The Balaban J connectivity index is 2.14. The van der Waals surface area contributed by atoms with Crippen molar-refractivity contribution in [1.29, 1.82) is 0 Å². The van der Waals surface area contributed by atoms with Crippen molar-refractivity contribution in [1.82, 2.24) is 4.90 Å². The minimum atomic E-state index is -4.77. The van der Waals surface area contributed by atoms with Gasteiger partial charge in [0.05, 0.1) is 11.8 Å². The summed E-state index contributed by atoms with van der Waals surface area (Å²) < 4.78 is 45.7. The van der Waals surface area contributed by atoms with Crippen LogP contribution in [0, 0.1) is 0 Å². The van der Waals surface area contributed by atoms with Crippen LogP contribution in [0.1, 0.15) is 15.9 Å². The highest BCUT2D eigenvalue weighted by Crippen LogP contribution is 2.27. The van der Waals surface area contributed by atoms with Crippen molar-refractivity contribution in [2.45, 2.75) is 12.9 Å². The van der Waals surface area contributed by atoms with Crippen LogP contribution < -0.4 is 4.74 Å². The van der Waals surface area contributed by atoms with E-state index in [4.69, 9.17) is 4.42 Å². The van der Waals surface area contributed by atoms with Gasteiger partial charge in [-0.2, -0.15) is 0 Å². The predicted octanol–water partition coefficient (Wildman–Crippen LogP) is 3.45.